The van der Waals surface area contributed by atoms with Crippen LogP contribution in [0.3, 0.4) is 0 Å². The van der Waals surface area contributed by atoms with Gasteiger partial charge in [0.05, 0.1) is 18.4 Å². The van der Waals surface area contributed by atoms with Gasteiger partial charge in [-0.3, -0.25) is 9.59 Å². The zero-order valence-electron chi connectivity index (χ0n) is 14.1. The smallest absolute Gasteiger partial charge is 0.237 e. The van der Waals surface area contributed by atoms with Gasteiger partial charge in [-0.2, -0.15) is 0 Å². The Kier molecular flexibility index (Phi) is 4.34. The van der Waals surface area contributed by atoms with Gasteiger partial charge in [0, 0.05) is 18.0 Å². The monoisotopic (exact) mass is 324 g/mol. The van der Waals surface area contributed by atoms with Gasteiger partial charge in [0.25, 0.3) is 0 Å². The number of allylic oxidation sites excluding steroid dienone is 1. The molecule has 0 N–H and O–H groups in total. The van der Waals surface area contributed by atoms with Crippen molar-refractivity contribution in [2.75, 3.05) is 6.61 Å². The van der Waals surface area contributed by atoms with Crippen molar-refractivity contribution in [1.82, 2.24) is 9.55 Å². The van der Waals surface area contributed by atoms with Crippen LogP contribution in [0.1, 0.15) is 35.3 Å². The van der Waals surface area contributed by atoms with Crippen LogP contribution in [0.2, 0.25) is 0 Å². The SMILES string of the molecule is Cc1ccc2c(c1OCCn1ccnc1)C(=O)C(=O)C(C(C)C)=C2. The van der Waals surface area contributed by atoms with E-state index >= 15 is 0 Å². The van der Waals surface area contributed by atoms with Crippen LogP contribution in [0.25, 0.3) is 6.08 Å². The number of ether oxygens (including phenoxy) is 1. The summed E-state index contributed by atoms with van der Waals surface area (Å²) in [6.45, 7) is 6.73. The molecule has 0 radical (unpaired) electrons. The molecule has 0 saturated heterocycles. The van der Waals surface area contributed by atoms with Gasteiger partial charge in [0.1, 0.15) is 12.4 Å². The lowest BCUT2D eigenvalue weighted by Crippen LogP contribution is -2.25. The molecular weight excluding hydrogens is 304 g/mol. The number of benzene rings is 1. The highest BCUT2D eigenvalue weighted by atomic mass is 16.5. The summed E-state index contributed by atoms with van der Waals surface area (Å²) in [6.07, 6.45) is 7.08. The van der Waals surface area contributed by atoms with Crippen LogP contribution in [-0.2, 0) is 11.3 Å². The Labute approximate surface area is 141 Å². The van der Waals surface area contributed by atoms with Gasteiger partial charge in [-0.1, -0.05) is 26.0 Å². The number of Topliss-reactive ketones (excluding diaryl/α,β-unsaturated/α-hetero) is 2. The van der Waals surface area contributed by atoms with Gasteiger partial charge in [0.2, 0.25) is 11.6 Å². The molecule has 0 saturated carbocycles. The summed E-state index contributed by atoms with van der Waals surface area (Å²) in [4.78, 5) is 29.0. The van der Waals surface area contributed by atoms with Crippen LogP contribution >= 0.6 is 0 Å². The molecule has 3 rings (SSSR count). The average molecular weight is 324 g/mol. The molecule has 1 aromatic carbocycles. The molecule has 2 aromatic rings. The predicted octanol–water partition coefficient (Wildman–Crippen LogP) is 3.08. The van der Waals surface area contributed by atoms with Crippen LogP contribution in [0, 0.1) is 12.8 Å². The molecule has 0 atom stereocenters. The number of aromatic nitrogens is 2. The Hall–Kier alpha value is -2.69. The van der Waals surface area contributed by atoms with E-state index in [1.807, 2.05) is 49.7 Å². The number of ketones is 2. The summed E-state index contributed by atoms with van der Waals surface area (Å²) in [6, 6.07) is 3.79. The van der Waals surface area contributed by atoms with Crippen LogP contribution in [0.5, 0.6) is 5.75 Å². The number of fused-ring (bicyclic) bond motifs is 1. The zero-order valence-corrected chi connectivity index (χ0v) is 14.1. The summed E-state index contributed by atoms with van der Waals surface area (Å²) in [5.41, 5.74) is 2.55. The minimum atomic E-state index is -0.475. The van der Waals surface area contributed by atoms with E-state index < -0.39 is 11.6 Å². The van der Waals surface area contributed by atoms with Gasteiger partial charge >= 0.3 is 0 Å². The molecule has 5 nitrogen and oxygen atoms in total. The van der Waals surface area contributed by atoms with Gasteiger partial charge in [-0.15, -0.1) is 0 Å². The van der Waals surface area contributed by atoms with E-state index in [0.29, 0.717) is 30.0 Å². The largest absolute Gasteiger partial charge is 0.491 e. The number of hydrogen-bond donors (Lipinski definition) is 0. The molecular formula is C19H20N2O3. The van der Waals surface area contributed by atoms with Crippen molar-refractivity contribution in [3.63, 3.8) is 0 Å². The molecule has 0 unspecified atom stereocenters. The van der Waals surface area contributed by atoms with Crippen molar-refractivity contribution >= 4 is 17.6 Å². The quantitative estimate of drug-likeness (QED) is 0.793. The molecule has 0 spiro atoms. The maximum atomic E-state index is 12.6. The molecule has 1 aliphatic rings. The molecule has 0 amide bonds. The summed E-state index contributed by atoms with van der Waals surface area (Å²) in [7, 11) is 0. The van der Waals surface area contributed by atoms with Gasteiger partial charge in [-0.25, -0.2) is 4.98 Å². The Bertz CT molecular complexity index is 817. The first-order chi connectivity index (χ1) is 11.5. The van der Waals surface area contributed by atoms with Crippen LogP contribution < -0.4 is 4.74 Å². The van der Waals surface area contributed by atoms with E-state index in [4.69, 9.17) is 4.74 Å². The Morgan fingerprint density at radius 1 is 1.21 bits per heavy atom. The first-order valence-corrected chi connectivity index (χ1v) is 8.01. The van der Waals surface area contributed by atoms with Crippen molar-refractivity contribution < 1.29 is 14.3 Å². The summed E-state index contributed by atoms with van der Waals surface area (Å²) in [5.74, 6) is -0.383. The van der Waals surface area contributed by atoms with Gasteiger partial charge in [0.15, 0.2) is 0 Å². The third kappa shape index (κ3) is 2.89. The van der Waals surface area contributed by atoms with Crippen molar-refractivity contribution in [2.24, 2.45) is 5.92 Å². The van der Waals surface area contributed by atoms with E-state index in [1.54, 1.807) is 12.5 Å². The lowest BCUT2D eigenvalue weighted by molar-refractivity contribution is -0.112. The van der Waals surface area contributed by atoms with E-state index in [0.717, 1.165) is 11.1 Å². The van der Waals surface area contributed by atoms with E-state index in [9.17, 15) is 9.59 Å². The lowest BCUT2D eigenvalue weighted by atomic mass is 9.84. The summed E-state index contributed by atoms with van der Waals surface area (Å²) < 4.78 is 7.77. The normalized spacial score (nSPS) is 13.9. The highest BCUT2D eigenvalue weighted by Crippen LogP contribution is 2.34. The standard InChI is InChI=1S/C19H20N2O3/c1-12(2)15-10-14-5-4-13(3)19(16(14)18(23)17(15)22)24-9-8-21-7-6-20-11-21/h4-7,10-12H,8-9H2,1-3H3. The number of rotatable bonds is 5. The van der Waals surface area contributed by atoms with Crippen molar-refractivity contribution in [2.45, 2.75) is 27.3 Å². The van der Waals surface area contributed by atoms with E-state index in [1.165, 1.54) is 0 Å². The van der Waals surface area contributed by atoms with Gasteiger partial charge in [-0.05, 0) is 30.0 Å². The molecule has 1 aromatic heterocycles. The highest BCUT2D eigenvalue weighted by Gasteiger charge is 2.32. The second-order valence-electron chi connectivity index (χ2n) is 6.24. The summed E-state index contributed by atoms with van der Waals surface area (Å²) >= 11 is 0. The molecule has 0 aliphatic heterocycles. The zero-order chi connectivity index (χ0) is 17.3. The maximum absolute atomic E-state index is 12.6. The number of nitrogens with zero attached hydrogens (tertiary/aromatic N) is 2. The van der Waals surface area contributed by atoms with Crippen molar-refractivity contribution in [3.8, 4) is 5.75 Å². The number of carbonyl (C=O) groups is 2. The number of hydrogen-bond acceptors (Lipinski definition) is 4. The Morgan fingerprint density at radius 2 is 2.00 bits per heavy atom. The fourth-order valence-corrected chi connectivity index (χ4v) is 2.82. The van der Waals surface area contributed by atoms with E-state index in [2.05, 4.69) is 4.98 Å². The molecule has 1 heterocycles. The van der Waals surface area contributed by atoms with E-state index in [-0.39, 0.29) is 5.92 Å². The molecule has 5 heteroatoms. The molecule has 1 aliphatic carbocycles. The third-order valence-corrected chi connectivity index (χ3v) is 4.17. The van der Waals surface area contributed by atoms with Crippen LogP contribution in [0.15, 0.2) is 36.4 Å². The van der Waals surface area contributed by atoms with Crippen LogP contribution in [-0.4, -0.2) is 27.7 Å². The Balaban J connectivity index is 1.92. The predicted molar refractivity (Wildman–Crippen MR) is 91.1 cm³/mol. The Morgan fingerprint density at radius 3 is 2.67 bits per heavy atom. The minimum Gasteiger partial charge on any atom is -0.491 e. The van der Waals surface area contributed by atoms with Crippen molar-refractivity contribution in [1.29, 1.82) is 0 Å². The summed E-state index contributed by atoms with van der Waals surface area (Å²) in [5, 5.41) is 0. The molecule has 24 heavy (non-hydrogen) atoms. The van der Waals surface area contributed by atoms with Crippen LogP contribution in [0.4, 0.5) is 0 Å². The fraction of sp³-hybridized carbons (Fsp3) is 0.316. The number of aryl methyl sites for hydroxylation is 1. The molecule has 0 fully saturated rings. The molecule has 124 valence electrons. The topological polar surface area (TPSA) is 61.2 Å². The third-order valence-electron chi connectivity index (χ3n) is 4.17. The average Bonchev–Trinajstić information content (AvgIpc) is 3.06. The highest BCUT2D eigenvalue weighted by molar-refractivity contribution is 6.52. The maximum Gasteiger partial charge on any atom is 0.237 e. The fourth-order valence-electron chi connectivity index (χ4n) is 2.82. The van der Waals surface area contributed by atoms with Crippen molar-refractivity contribution in [3.05, 3.63) is 53.1 Å². The number of imidazole rings is 1. The van der Waals surface area contributed by atoms with Gasteiger partial charge < -0.3 is 9.30 Å². The minimum absolute atomic E-state index is 0.0153. The molecule has 0 bridgehead atoms. The lowest BCUT2D eigenvalue weighted by Gasteiger charge is -2.21. The second kappa shape index (κ2) is 6.43. The second-order valence-corrected chi connectivity index (χ2v) is 6.24. The number of carbonyl (C=O) groups excluding carboxylic acids is 2. The first kappa shape index (κ1) is 16.2. The first-order valence-electron chi connectivity index (χ1n) is 8.01.